The SMILES string of the molecule is c1ccc(-c2ccc3c(c2)c2cc(-c4ccccc4)ccc2n3-c2ccc3cc4c(cc3c2)-c2cc3cc(-n5c6ccc(-c7ccccc7)cc6c6cc(-c7ccccc7)ccc65)ccc3cc2-4)cc1. The van der Waals surface area contributed by atoms with Crippen LogP contribution in [0.2, 0.25) is 0 Å². The number of rotatable bonds is 6. The Hall–Kier alpha value is -9.24. The highest BCUT2D eigenvalue weighted by Crippen LogP contribution is 2.51. The third-order valence-corrected chi connectivity index (χ3v) is 15.0. The number of nitrogens with zero attached hydrogens (tertiary/aromatic N) is 2. The molecule has 15 rings (SSSR count). The molecule has 0 atom stereocenters. The summed E-state index contributed by atoms with van der Waals surface area (Å²) in [5.74, 6) is 0. The van der Waals surface area contributed by atoms with E-state index < -0.39 is 0 Å². The zero-order chi connectivity index (χ0) is 45.9. The fourth-order valence-corrected chi connectivity index (χ4v) is 11.5. The Labute approximate surface area is 405 Å². The molecule has 14 aromatic rings. The first-order valence-electron chi connectivity index (χ1n) is 24.2. The lowest BCUT2D eigenvalue weighted by molar-refractivity contribution is 1.19. The van der Waals surface area contributed by atoms with Crippen LogP contribution in [0.25, 0.3) is 143 Å². The number of hydrogen-bond donors (Lipinski definition) is 0. The molecule has 0 saturated carbocycles. The standard InChI is InChI=1S/C68H42N2/c1-5-13-43(14-6-1)47-23-29-65-61(37-47)62-38-48(44-15-7-2-8-16-44)24-30-66(62)69(65)55-27-21-51-35-57-58-36-52-22-28-56(34-54(52)42-60(58)59(57)41-53(51)33-55)70-67-31-25-49(45-17-9-3-10-18-45)39-63(67)64-40-50(26-32-68(64)70)46-19-11-4-12-20-46/h1-42H. The maximum absolute atomic E-state index is 2.45. The molecule has 0 saturated heterocycles. The Morgan fingerprint density at radius 2 is 0.457 bits per heavy atom. The van der Waals surface area contributed by atoms with Crippen LogP contribution >= 0.6 is 0 Å². The van der Waals surface area contributed by atoms with Gasteiger partial charge in [-0.3, -0.25) is 0 Å². The molecule has 0 spiro atoms. The minimum Gasteiger partial charge on any atom is -0.309 e. The fourth-order valence-electron chi connectivity index (χ4n) is 11.5. The van der Waals surface area contributed by atoms with Crippen molar-refractivity contribution in [2.75, 3.05) is 0 Å². The Kier molecular flexibility index (Phi) is 8.39. The smallest absolute Gasteiger partial charge is 0.0541 e. The maximum atomic E-state index is 2.45. The lowest BCUT2D eigenvalue weighted by atomic mass is 9.78. The second-order valence-corrected chi connectivity index (χ2v) is 18.9. The molecule has 0 amide bonds. The first kappa shape index (κ1) is 38.8. The molecular weight excluding hydrogens is 845 g/mol. The van der Waals surface area contributed by atoms with Crippen LogP contribution in [0.1, 0.15) is 0 Å². The molecular formula is C68H42N2. The largest absolute Gasteiger partial charge is 0.309 e. The van der Waals surface area contributed by atoms with Crippen LogP contribution in [0.15, 0.2) is 255 Å². The van der Waals surface area contributed by atoms with E-state index >= 15 is 0 Å². The van der Waals surface area contributed by atoms with Gasteiger partial charge in [0, 0.05) is 32.9 Å². The molecule has 2 nitrogen and oxygen atoms in total. The zero-order valence-corrected chi connectivity index (χ0v) is 38.1. The molecule has 2 heteroatoms. The first-order chi connectivity index (χ1) is 34.7. The molecule has 0 aliphatic heterocycles. The zero-order valence-electron chi connectivity index (χ0n) is 38.1. The molecule has 0 radical (unpaired) electrons. The van der Waals surface area contributed by atoms with Gasteiger partial charge in [0.25, 0.3) is 0 Å². The normalized spacial score (nSPS) is 12.0. The fraction of sp³-hybridized carbons (Fsp3) is 0. The van der Waals surface area contributed by atoms with Gasteiger partial charge in [-0.1, -0.05) is 158 Å². The summed E-state index contributed by atoms with van der Waals surface area (Å²) >= 11 is 0. The van der Waals surface area contributed by atoms with Crippen molar-refractivity contribution in [2.45, 2.75) is 0 Å². The van der Waals surface area contributed by atoms with Crippen LogP contribution in [0.5, 0.6) is 0 Å². The van der Waals surface area contributed by atoms with Gasteiger partial charge in [-0.05, 0) is 185 Å². The van der Waals surface area contributed by atoms with Crippen molar-refractivity contribution in [2.24, 2.45) is 0 Å². The average Bonchev–Trinajstić information content (AvgIpc) is 3.94. The third kappa shape index (κ3) is 6.00. The first-order valence-corrected chi connectivity index (χ1v) is 24.2. The lowest BCUT2D eigenvalue weighted by Gasteiger charge is -2.26. The minimum absolute atomic E-state index is 1.16. The van der Waals surface area contributed by atoms with E-state index in [2.05, 4.69) is 264 Å². The van der Waals surface area contributed by atoms with Gasteiger partial charge >= 0.3 is 0 Å². The maximum Gasteiger partial charge on any atom is 0.0541 e. The van der Waals surface area contributed by atoms with Gasteiger partial charge < -0.3 is 9.13 Å². The summed E-state index contributed by atoms with van der Waals surface area (Å²) in [6.07, 6.45) is 0. The highest BCUT2D eigenvalue weighted by atomic mass is 15.0. The quantitative estimate of drug-likeness (QED) is 0.157. The van der Waals surface area contributed by atoms with Crippen molar-refractivity contribution in [3.05, 3.63) is 255 Å². The second-order valence-electron chi connectivity index (χ2n) is 18.9. The van der Waals surface area contributed by atoms with Crippen molar-refractivity contribution in [3.63, 3.8) is 0 Å². The lowest BCUT2D eigenvalue weighted by Crippen LogP contribution is -2.00. The third-order valence-electron chi connectivity index (χ3n) is 15.0. The molecule has 70 heavy (non-hydrogen) atoms. The van der Waals surface area contributed by atoms with Gasteiger partial charge in [-0.2, -0.15) is 0 Å². The number of fused-ring (bicyclic) bond motifs is 12. The van der Waals surface area contributed by atoms with E-state index in [1.165, 1.54) is 132 Å². The van der Waals surface area contributed by atoms with Gasteiger partial charge in [-0.15, -0.1) is 0 Å². The van der Waals surface area contributed by atoms with E-state index in [1.54, 1.807) is 0 Å². The van der Waals surface area contributed by atoms with Crippen LogP contribution in [0, 0.1) is 0 Å². The summed E-state index contributed by atoms with van der Waals surface area (Å²) in [5.41, 5.74) is 22.2. The Morgan fingerprint density at radius 3 is 0.743 bits per heavy atom. The highest BCUT2D eigenvalue weighted by molar-refractivity contribution is 6.15. The van der Waals surface area contributed by atoms with Gasteiger partial charge in [0.2, 0.25) is 0 Å². The molecule has 0 fully saturated rings. The molecule has 1 aliphatic carbocycles. The molecule has 2 aromatic heterocycles. The molecule has 2 heterocycles. The van der Waals surface area contributed by atoms with E-state index in [-0.39, 0.29) is 0 Å². The predicted octanol–water partition coefficient (Wildman–Crippen LogP) is 18.5. The topological polar surface area (TPSA) is 9.86 Å². The number of benzene rings is 12. The van der Waals surface area contributed by atoms with Gasteiger partial charge in [-0.25, -0.2) is 0 Å². The summed E-state index contributed by atoms with van der Waals surface area (Å²) in [6, 6.07) is 94.3. The van der Waals surface area contributed by atoms with Crippen molar-refractivity contribution >= 4 is 65.2 Å². The van der Waals surface area contributed by atoms with Crippen molar-refractivity contribution < 1.29 is 0 Å². The molecule has 1 aliphatic rings. The molecule has 0 bridgehead atoms. The van der Waals surface area contributed by atoms with Crippen molar-refractivity contribution in [1.29, 1.82) is 0 Å². The number of aromatic nitrogens is 2. The summed E-state index contributed by atoms with van der Waals surface area (Å²) in [6.45, 7) is 0. The van der Waals surface area contributed by atoms with E-state index in [0.29, 0.717) is 0 Å². The minimum atomic E-state index is 1.16. The van der Waals surface area contributed by atoms with E-state index in [4.69, 9.17) is 0 Å². The van der Waals surface area contributed by atoms with Gasteiger partial charge in [0.15, 0.2) is 0 Å². The van der Waals surface area contributed by atoms with Crippen LogP contribution in [-0.4, -0.2) is 9.13 Å². The predicted molar refractivity (Wildman–Crippen MR) is 296 cm³/mol. The summed E-state index contributed by atoms with van der Waals surface area (Å²) < 4.78 is 4.91. The summed E-state index contributed by atoms with van der Waals surface area (Å²) in [7, 11) is 0. The van der Waals surface area contributed by atoms with Crippen LogP contribution in [-0.2, 0) is 0 Å². The monoisotopic (exact) mass is 886 g/mol. The number of hydrogen-bond acceptors (Lipinski definition) is 0. The second kappa shape index (κ2) is 15.1. The Morgan fingerprint density at radius 1 is 0.186 bits per heavy atom. The Bertz CT molecular complexity index is 3950. The molecule has 324 valence electrons. The van der Waals surface area contributed by atoms with Crippen molar-refractivity contribution in [1.82, 2.24) is 9.13 Å². The van der Waals surface area contributed by atoms with Crippen molar-refractivity contribution in [3.8, 4) is 78.1 Å². The highest BCUT2D eigenvalue weighted by Gasteiger charge is 2.25. The summed E-state index contributed by atoms with van der Waals surface area (Å²) in [5, 5.41) is 9.98. The van der Waals surface area contributed by atoms with Crippen LogP contribution in [0.4, 0.5) is 0 Å². The van der Waals surface area contributed by atoms with E-state index in [9.17, 15) is 0 Å². The average molecular weight is 887 g/mol. The summed E-state index contributed by atoms with van der Waals surface area (Å²) in [4.78, 5) is 0. The Balaban J connectivity index is 0.846. The van der Waals surface area contributed by atoms with Crippen LogP contribution < -0.4 is 0 Å². The molecule has 0 N–H and O–H groups in total. The van der Waals surface area contributed by atoms with Gasteiger partial charge in [0.05, 0.1) is 22.1 Å². The van der Waals surface area contributed by atoms with E-state index in [1.807, 2.05) is 0 Å². The van der Waals surface area contributed by atoms with E-state index in [0.717, 1.165) is 11.4 Å². The van der Waals surface area contributed by atoms with Crippen LogP contribution in [0.3, 0.4) is 0 Å². The molecule has 12 aromatic carbocycles. The van der Waals surface area contributed by atoms with Gasteiger partial charge in [0.1, 0.15) is 0 Å². The molecule has 0 unspecified atom stereocenters.